The average Bonchev–Trinajstić information content (AvgIpc) is 2.87. The van der Waals surface area contributed by atoms with Crippen molar-refractivity contribution in [2.45, 2.75) is 26.4 Å². The molecule has 0 aliphatic carbocycles. The Labute approximate surface area is 126 Å². The van der Waals surface area contributed by atoms with E-state index in [9.17, 15) is 9.18 Å². The highest BCUT2D eigenvalue weighted by molar-refractivity contribution is 7.13. The van der Waals surface area contributed by atoms with E-state index < -0.39 is 5.97 Å². The lowest BCUT2D eigenvalue weighted by atomic mass is 10.2. The van der Waals surface area contributed by atoms with Crippen molar-refractivity contribution in [1.82, 2.24) is 9.88 Å². The van der Waals surface area contributed by atoms with Crippen LogP contribution in [0.4, 0.5) is 4.39 Å². The molecule has 1 heterocycles. The Balaban J connectivity index is 2.11. The van der Waals surface area contributed by atoms with Gasteiger partial charge in [-0.2, -0.15) is 0 Å². The summed E-state index contributed by atoms with van der Waals surface area (Å²) in [4.78, 5) is 17.2. The minimum atomic E-state index is -0.849. The molecule has 1 aromatic carbocycles. The van der Waals surface area contributed by atoms with Crippen molar-refractivity contribution in [3.8, 4) is 10.6 Å². The van der Waals surface area contributed by atoms with E-state index in [2.05, 4.69) is 4.98 Å². The largest absolute Gasteiger partial charge is 0.480 e. The number of carboxylic acids is 1. The summed E-state index contributed by atoms with van der Waals surface area (Å²) in [6, 6.07) is 6.31. The number of benzene rings is 1. The Morgan fingerprint density at radius 1 is 1.38 bits per heavy atom. The van der Waals surface area contributed by atoms with Crippen LogP contribution in [0.25, 0.3) is 10.6 Å². The fraction of sp³-hybridized carbons (Fsp3) is 0.333. The van der Waals surface area contributed by atoms with E-state index in [1.165, 1.54) is 23.5 Å². The van der Waals surface area contributed by atoms with Crippen LogP contribution in [0.1, 0.15) is 19.5 Å². The number of carboxylic acid groups (broad SMARTS) is 1. The maximum absolute atomic E-state index is 12.9. The molecule has 0 aliphatic rings. The predicted octanol–water partition coefficient (Wildman–Crippen LogP) is 3.24. The van der Waals surface area contributed by atoms with E-state index in [-0.39, 0.29) is 18.4 Å². The number of aliphatic carboxylic acids is 1. The van der Waals surface area contributed by atoms with Gasteiger partial charge in [-0.15, -0.1) is 11.3 Å². The van der Waals surface area contributed by atoms with Crippen LogP contribution in [0.15, 0.2) is 29.6 Å². The summed E-state index contributed by atoms with van der Waals surface area (Å²) >= 11 is 1.47. The second-order valence-corrected chi connectivity index (χ2v) is 5.90. The summed E-state index contributed by atoms with van der Waals surface area (Å²) in [6.07, 6.45) is 0. The van der Waals surface area contributed by atoms with E-state index in [0.717, 1.165) is 16.3 Å². The normalized spacial score (nSPS) is 11.3. The molecule has 0 spiro atoms. The molecule has 0 amide bonds. The molecule has 0 bridgehead atoms. The van der Waals surface area contributed by atoms with E-state index in [1.54, 1.807) is 12.1 Å². The number of carbonyl (C=O) groups is 1. The Morgan fingerprint density at radius 3 is 2.62 bits per heavy atom. The summed E-state index contributed by atoms with van der Waals surface area (Å²) in [5.41, 5.74) is 1.69. The molecule has 2 rings (SSSR count). The molecule has 112 valence electrons. The molecule has 0 saturated carbocycles. The lowest BCUT2D eigenvalue weighted by Gasteiger charge is -2.23. The van der Waals surface area contributed by atoms with Gasteiger partial charge in [-0.05, 0) is 38.1 Å². The van der Waals surface area contributed by atoms with E-state index in [0.29, 0.717) is 6.54 Å². The van der Waals surface area contributed by atoms with Crippen molar-refractivity contribution in [2.24, 2.45) is 0 Å². The number of rotatable bonds is 6. The molecular formula is C15H17FN2O2S. The predicted molar refractivity (Wildman–Crippen MR) is 80.7 cm³/mol. The Hall–Kier alpha value is -1.79. The van der Waals surface area contributed by atoms with Crippen LogP contribution >= 0.6 is 11.3 Å². The molecule has 0 saturated heterocycles. The van der Waals surface area contributed by atoms with Crippen LogP contribution in [0.5, 0.6) is 0 Å². The molecule has 0 fully saturated rings. The van der Waals surface area contributed by atoms with E-state index in [1.807, 2.05) is 24.1 Å². The van der Waals surface area contributed by atoms with Crippen molar-refractivity contribution in [2.75, 3.05) is 6.54 Å². The highest BCUT2D eigenvalue weighted by atomic mass is 32.1. The highest BCUT2D eigenvalue weighted by Crippen LogP contribution is 2.24. The Kier molecular flexibility index (Phi) is 5.03. The first kappa shape index (κ1) is 15.6. The first-order chi connectivity index (χ1) is 9.95. The molecular weight excluding hydrogens is 291 g/mol. The number of hydrogen-bond acceptors (Lipinski definition) is 4. The maximum atomic E-state index is 12.9. The molecule has 6 heteroatoms. The Bertz CT molecular complexity index is 610. The van der Waals surface area contributed by atoms with Gasteiger partial charge >= 0.3 is 5.97 Å². The van der Waals surface area contributed by atoms with Crippen LogP contribution < -0.4 is 0 Å². The second kappa shape index (κ2) is 6.78. The van der Waals surface area contributed by atoms with Crippen LogP contribution in [0.3, 0.4) is 0 Å². The molecule has 4 nitrogen and oxygen atoms in total. The standard InChI is InChI=1S/C15H17FN2O2S/c1-10(2)18(8-14(19)20)7-13-9-21-15(17-13)11-3-5-12(16)6-4-11/h3-6,9-10H,7-8H2,1-2H3,(H,19,20). The third-order valence-electron chi connectivity index (χ3n) is 3.08. The highest BCUT2D eigenvalue weighted by Gasteiger charge is 2.15. The number of halogens is 1. The molecule has 0 unspecified atom stereocenters. The minimum Gasteiger partial charge on any atom is -0.480 e. The number of hydrogen-bond donors (Lipinski definition) is 1. The maximum Gasteiger partial charge on any atom is 0.317 e. The fourth-order valence-corrected chi connectivity index (χ4v) is 2.72. The molecule has 21 heavy (non-hydrogen) atoms. The van der Waals surface area contributed by atoms with Crippen molar-refractivity contribution in [3.63, 3.8) is 0 Å². The first-order valence-electron chi connectivity index (χ1n) is 6.62. The lowest BCUT2D eigenvalue weighted by Crippen LogP contribution is -2.35. The summed E-state index contributed by atoms with van der Waals surface area (Å²) in [6.45, 7) is 4.38. The fourth-order valence-electron chi connectivity index (χ4n) is 1.91. The van der Waals surface area contributed by atoms with Crippen LogP contribution in [-0.2, 0) is 11.3 Å². The van der Waals surface area contributed by atoms with Crippen molar-refractivity contribution in [3.05, 3.63) is 41.2 Å². The van der Waals surface area contributed by atoms with Gasteiger partial charge in [-0.3, -0.25) is 9.69 Å². The number of thiazole rings is 1. The third kappa shape index (κ3) is 4.34. The molecule has 1 N–H and O–H groups in total. The van der Waals surface area contributed by atoms with Gasteiger partial charge in [0.1, 0.15) is 10.8 Å². The van der Waals surface area contributed by atoms with Gasteiger partial charge in [-0.25, -0.2) is 9.37 Å². The second-order valence-electron chi connectivity index (χ2n) is 5.04. The molecule has 0 aliphatic heterocycles. The minimum absolute atomic E-state index is 0.0128. The van der Waals surface area contributed by atoms with E-state index >= 15 is 0 Å². The molecule has 0 radical (unpaired) electrons. The SMILES string of the molecule is CC(C)N(CC(=O)O)Cc1csc(-c2ccc(F)cc2)n1. The zero-order chi connectivity index (χ0) is 15.4. The molecule has 2 aromatic rings. The van der Waals surface area contributed by atoms with Gasteiger partial charge in [0.15, 0.2) is 0 Å². The summed E-state index contributed by atoms with van der Waals surface area (Å²) in [7, 11) is 0. The summed E-state index contributed by atoms with van der Waals surface area (Å²) in [5, 5.41) is 11.6. The van der Waals surface area contributed by atoms with Crippen molar-refractivity contribution >= 4 is 17.3 Å². The Morgan fingerprint density at radius 2 is 2.05 bits per heavy atom. The smallest absolute Gasteiger partial charge is 0.317 e. The van der Waals surface area contributed by atoms with Gasteiger partial charge in [-0.1, -0.05) is 0 Å². The average molecular weight is 308 g/mol. The van der Waals surface area contributed by atoms with Crippen LogP contribution in [0.2, 0.25) is 0 Å². The van der Waals surface area contributed by atoms with Crippen LogP contribution in [0, 0.1) is 5.82 Å². The number of aromatic nitrogens is 1. The first-order valence-corrected chi connectivity index (χ1v) is 7.50. The lowest BCUT2D eigenvalue weighted by molar-refractivity contribution is -0.138. The number of nitrogens with zero attached hydrogens (tertiary/aromatic N) is 2. The molecule has 0 atom stereocenters. The van der Waals surface area contributed by atoms with Gasteiger partial charge in [0.25, 0.3) is 0 Å². The topological polar surface area (TPSA) is 53.4 Å². The summed E-state index contributed by atoms with van der Waals surface area (Å²) < 4.78 is 12.9. The quantitative estimate of drug-likeness (QED) is 0.890. The van der Waals surface area contributed by atoms with Crippen LogP contribution in [-0.4, -0.2) is 33.5 Å². The zero-order valence-corrected chi connectivity index (χ0v) is 12.7. The van der Waals surface area contributed by atoms with Gasteiger partial charge in [0.05, 0.1) is 12.2 Å². The summed E-state index contributed by atoms with van der Waals surface area (Å²) in [5.74, 6) is -1.12. The zero-order valence-electron chi connectivity index (χ0n) is 11.9. The van der Waals surface area contributed by atoms with Gasteiger partial charge < -0.3 is 5.11 Å². The van der Waals surface area contributed by atoms with Crippen molar-refractivity contribution in [1.29, 1.82) is 0 Å². The van der Waals surface area contributed by atoms with Gasteiger partial charge in [0.2, 0.25) is 0 Å². The third-order valence-corrected chi connectivity index (χ3v) is 4.02. The van der Waals surface area contributed by atoms with Gasteiger partial charge in [0, 0.05) is 23.5 Å². The van der Waals surface area contributed by atoms with E-state index in [4.69, 9.17) is 5.11 Å². The molecule has 1 aromatic heterocycles. The van der Waals surface area contributed by atoms with Crippen molar-refractivity contribution < 1.29 is 14.3 Å². The monoisotopic (exact) mass is 308 g/mol.